The predicted molar refractivity (Wildman–Crippen MR) is 135 cm³/mol. The van der Waals surface area contributed by atoms with E-state index in [2.05, 4.69) is 30.9 Å². The quantitative estimate of drug-likeness (QED) is 0.474. The summed E-state index contributed by atoms with van der Waals surface area (Å²) in [5, 5.41) is 9.83. The molecule has 2 aromatic heterocycles. The van der Waals surface area contributed by atoms with Crippen molar-refractivity contribution in [2.45, 2.75) is 57.5 Å². The second-order valence-electron chi connectivity index (χ2n) is 9.36. The minimum Gasteiger partial charge on any atom is -0.493 e. The highest BCUT2D eigenvalue weighted by Crippen LogP contribution is 2.33. The molecule has 2 aliphatic rings. The number of benzene rings is 1. The molecule has 3 heterocycles. The SMILES string of the molecule is CNc1nc(N[C@@H](C(=O)NC2CCOc3ccccc32)C2CCCCC2)cc(-n2cnc(C)c2)n1. The van der Waals surface area contributed by atoms with Crippen molar-refractivity contribution >= 4 is 17.7 Å². The first-order valence-corrected chi connectivity index (χ1v) is 12.5. The number of aryl methyl sites for hydroxylation is 1. The molecule has 1 fully saturated rings. The molecular weight excluding hydrogens is 442 g/mol. The highest BCUT2D eigenvalue weighted by Gasteiger charge is 2.33. The number of fused-ring (bicyclic) bond motifs is 1. The Bertz CT molecular complexity index is 1170. The third kappa shape index (κ3) is 5.23. The van der Waals surface area contributed by atoms with E-state index < -0.39 is 0 Å². The fourth-order valence-corrected chi connectivity index (χ4v) is 5.08. The second kappa shape index (κ2) is 10.3. The Morgan fingerprint density at radius 1 is 1.14 bits per heavy atom. The van der Waals surface area contributed by atoms with Gasteiger partial charge in [0, 0.05) is 31.3 Å². The summed E-state index contributed by atoms with van der Waals surface area (Å²) in [6, 6.07) is 9.36. The lowest BCUT2D eigenvalue weighted by atomic mass is 9.83. The number of aromatic nitrogens is 4. The molecule has 5 rings (SSSR count). The second-order valence-corrected chi connectivity index (χ2v) is 9.36. The average Bonchev–Trinajstić information content (AvgIpc) is 3.34. The van der Waals surface area contributed by atoms with Crippen LogP contribution in [0.25, 0.3) is 5.82 Å². The van der Waals surface area contributed by atoms with Crippen molar-refractivity contribution in [2.24, 2.45) is 5.92 Å². The van der Waals surface area contributed by atoms with Crippen LogP contribution in [-0.4, -0.2) is 45.1 Å². The molecule has 1 saturated carbocycles. The van der Waals surface area contributed by atoms with E-state index in [4.69, 9.17) is 4.74 Å². The standard InChI is InChI=1S/C26H33N7O2/c1-17-15-33(16-28-17)23-14-22(31-26(27-2)32-23)30-24(18-8-4-3-5-9-18)25(34)29-20-12-13-35-21-11-7-6-10-19(20)21/h6-7,10-11,14-16,18,20,24H,3-5,8-9,12-13H2,1-2H3,(H,29,34)(H2,27,30,31,32)/t20?,24-/m1/s1. The normalized spacial score (nSPS) is 18.7. The van der Waals surface area contributed by atoms with Gasteiger partial charge in [0.1, 0.15) is 29.8 Å². The molecule has 3 N–H and O–H groups in total. The number of imidazole rings is 1. The molecule has 1 aliphatic heterocycles. The van der Waals surface area contributed by atoms with Crippen molar-refractivity contribution < 1.29 is 9.53 Å². The van der Waals surface area contributed by atoms with Crippen molar-refractivity contribution in [3.63, 3.8) is 0 Å². The molecule has 0 radical (unpaired) electrons. The molecule has 2 atom stereocenters. The molecular formula is C26H33N7O2. The van der Waals surface area contributed by atoms with Crippen LogP contribution in [0, 0.1) is 12.8 Å². The number of anilines is 2. The van der Waals surface area contributed by atoms with Crippen LogP contribution in [0.4, 0.5) is 11.8 Å². The maximum absolute atomic E-state index is 13.7. The van der Waals surface area contributed by atoms with Crippen molar-refractivity contribution in [1.82, 2.24) is 24.8 Å². The van der Waals surface area contributed by atoms with Crippen LogP contribution in [0.15, 0.2) is 42.9 Å². The molecule has 1 amide bonds. The number of carbonyl (C=O) groups excluding carboxylic acids is 1. The van der Waals surface area contributed by atoms with Crippen molar-refractivity contribution in [2.75, 3.05) is 24.3 Å². The van der Waals surface area contributed by atoms with Gasteiger partial charge in [0.05, 0.1) is 18.3 Å². The zero-order chi connectivity index (χ0) is 24.2. The summed E-state index contributed by atoms with van der Waals surface area (Å²) in [6.07, 6.45) is 9.94. The summed E-state index contributed by atoms with van der Waals surface area (Å²) in [7, 11) is 1.79. The molecule has 3 aromatic rings. The molecule has 1 aliphatic carbocycles. The number of amides is 1. The van der Waals surface area contributed by atoms with Gasteiger partial charge in [-0.25, -0.2) is 4.98 Å². The van der Waals surface area contributed by atoms with E-state index in [1.165, 1.54) is 6.42 Å². The molecule has 1 aromatic carbocycles. The summed E-state index contributed by atoms with van der Waals surface area (Å²) < 4.78 is 7.65. The molecule has 0 spiro atoms. The molecule has 35 heavy (non-hydrogen) atoms. The van der Waals surface area contributed by atoms with E-state index in [0.29, 0.717) is 24.2 Å². The summed E-state index contributed by atoms with van der Waals surface area (Å²) in [6.45, 7) is 2.53. The summed E-state index contributed by atoms with van der Waals surface area (Å²) >= 11 is 0. The number of rotatable bonds is 7. The lowest BCUT2D eigenvalue weighted by Gasteiger charge is -2.33. The molecule has 0 saturated heterocycles. The van der Waals surface area contributed by atoms with Crippen molar-refractivity contribution in [3.05, 3.63) is 54.1 Å². The number of carbonyl (C=O) groups is 1. The van der Waals surface area contributed by atoms with Gasteiger partial charge >= 0.3 is 0 Å². The Morgan fingerprint density at radius 2 is 1.97 bits per heavy atom. The van der Waals surface area contributed by atoms with Gasteiger partial charge in [-0.05, 0) is 31.7 Å². The van der Waals surface area contributed by atoms with E-state index >= 15 is 0 Å². The molecule has 9 nitrogen and oxygen atoms in total. The first-order valence-electron chi connectivity index (χ1n) is 12.5. The Balaban J connectivity index is 1.41. The summed E-state index contributed by atoms with van der Waals surface area (Å²) in [5.74, 6) is 2.88. The van der Waals surface area contributed by atoms with Gasteiger partial charge in [0.2, 0.25) is 11.9 Å². The third-order valence-corrected chi connectivity index (χ3v) is 6.89. The first-order chi connectivity index (χ1) is 17.1. The number of hydrogen-bond acceptors (Lipinski definition) is 7. The Morgan fingerprint density at radius 3 is 2.74 bits per heavy atom. The highest BCUT2D eigenvalue weighted by atomic mass is 16.5. The molecule has 9 heteroatoms. The minimum absolute atomic E-state index is 0.00301. The van der Waals surface area contributed by atoms with Gasteiger partial charge in [0.25, 0.3) is 0 Å². The third-order valence-electron chi connectivity index (χ3n) is 6.89. The Kier molecular flexibility index (Phi) is 6.83. The van der Waals surface area contributed by atoms with E-state index in [1.807, 2.05) is 48.0 Å². The summed E-state index contributed by atoms with van der Waals surface area (Å²) in [5.41, 5.74) is 1.94. The number of ether oxygens (including phenoxy) is 1. The van der Waals surface area contributed by atoms with Crippen LogP contribution in [0.5, 0.6) is 5.75 Å². The van der Waals surface area contributed by atoms with E-state index in [9.17, 15) is 4.79 Å². The van der Waals surface area contributed by atoms with Gasteiger partial charge in [-0.15, -0.1) is 0 Å². The maximum Gasteiger partial charge on any atom is 0.243 e. The number of para-hydroxylation sites is 1. The van der Waals surface area contributed by atoms with Crippen LogP contribution in [0.3, 0.4) is 0 Å². The average molecular weight is 476 g/mol. The van der Waals surface area contributed by atoms with Crippen molar-refractivity contribution in [3.8, 4) is 11.6 Å². The number of nitrogens with one attached hydrogen (secondary N) is 3. The zero-order valence-corrected chi connectivity index (χ0v) is 20.3. The Labute approximate surface area is 205 Å². The smallest absolute Gasteiger partial charge is 0.243 e. The van der Waals surface area contributed by atoms with Gasteiger partial charge in [-0.2, -0.15) is 9.97 Å². The number of nitrogens with zero attached hydrogens (tertiary/aromatic N) is 4. The summed E-state index contributed by atoms with van der Waals surface area (Å²) in [4.78, 5) is 27.2. The maximum atomic E-state index is 13.7. The minimum atomic E-state index is -0.387. The van der Waals surface area contributed by atoms with Crippen LogP contribution in [0.2, 0.25) is 0 Å². The first kappa shape index (κ1) is 23.1. The lowest BCUT2D eigenvalue weighted by Crippen LogP contribution is -2.47. The topological polar surface area (TPSA) is 106 Å². The Hall–Kier alpha value is -3.62. The van der Waals surface area contributed by atoms with Crippen LogP contribution < -0.4 is 20.7 Å². The predicted octanol–water partition coefficient (Wildman–Crippen LogP) is 4.01. The molecule has 0 bridgehead atoms. The van der Waals surface area contributed by atoms with Crippen LogP contribution >= 0.6 is 0 Å². The van der Waals surface area contributed by atoms with E-state index in [1.54, 1.807) is 13.4 Å². The highest BCUT2D eigenvalue weighted by molar-refractivity contribution is 5.85. The van der Waals surface area contributed by atoms with E-state index in [0.717, 1.165) is 49.1 Å². The molecule has 1 unspecified atom stereocenters. The largest absolute Gasteiger partial charge is 0.493 e. The van der Waals surface area contributed by atoms with Gasteiger partial charge in [0.15, 0.2) is 0 Å². The van der Waals surface area contributed by atoms with Gasteiger partial charge < -0.3 is 20.7 Å². The van der Waals surface area contributed by atoms with Crippen LogP contribution in [0.1, 0.15) is 55.8 Å². The zero-order valence-electron chi connectivity index (χ0n) is 20.3. The van der Waals surface area contributed by atoms with Gasteiger partial charge in [-0.3, -0.25) is 9.36 Å². The monoisotopic (exact) mass is 475 g/mol. The fourth-order valence-electron chi connectivity index (χ4n) is 5.08. The van der Waals surface area contributed by atoms with Crippen LogP contribution in [-0.2, 0) is 4.79 Å². The molecule has 184 valence electrons. The van der Waals surface area contributed by atoms with Crippen molar-refractivity contribution in [1.29, 1.82) is 0 Å². The fraction of sp³-hybridized carbons (Fsp3) is 0.462. The lowest BCUT2D eigenvalue weighted by molar-refractivity contribution is -0.124. The number of hydrogen-bond donors (Lipinski definition) is 3. The van der Waals surface area contributed by atoms with Gasteiger partial charge in [-0.1, -0.05) is 37.5 Å². The van der Waals surface area contributed by atoms with E-state index in [-0.39, 0.29) is 23.9 Å².